The fourth-order valence-corrected chi connectivity index (χ4v) is 2.60. The van der Waals surface area contributed by atoms with Crippen LogP contribution in [0, 0.1) is 0 Å². The zero-order valence-electron chi connectivity index (χ0n) is 9.03. The number of hydrogen-bond donors (Lipinski definition) is 0. The molecule has 5 nitrogen and oxygen atoms in total. The van der Waals surface area contributed by atoms with Crippen LogP contribution in [0.25, 0.3) is 6.08 Å². The molecule has 1 aromatic rings. The predicted molar refractivity (Wildman–Crippen MR) is 69.1 cm³/mol. The van der Waals surface area contributed by atoms with E-state index in [4.69, 9.17) is 12.2 Å². The largest absolute Gasteiger partial charge is 0.548 e. The highest BCUT2D eigenvalue weighted by atomic mass is 32.2. The van der Waals surface area contributed by atoms with E-state index in [-0.39, 0.29) is 4.32 Å². The van der Waals surface area contributed by atoms with Crippen molar-refractivity contribution in [1.29, 1.82) is 0 Å². The van der Waals surface area contributed by atoms with Crippen molar-refractivity contribution in [3.8, 4) is 0 Å². The highest BCUT2D eigenvalue weighted by molar-refractivity contribution is 8.26. The van der Waals surface area contributed by atoms with E-state index in [0.717, 1.165) is 16.7 Å². The van der Waals surface area contributed by atoms with Crippen molar-refractivity contribution >= 4 is 46.3 Å². The summed E-state index contributed by atoms with van der Waals surface area (Å²) in [5.74, 6) is -1.77. The lowest BCUT2D eigenvalue weighted by Gasteiger charge is -2.14. The van der Waals surface area contributed by atoms with Gasteiger partial charge in [0.25, 0.3) is 5.91 Å². The molecule has 1 aromatic heterocycles. The Morgan fingerprint density at radius 1 is 1.56 bits per heavy atom. The highest BCUT2D eigenvalue weighted by Crippen LogP contribution is 2.31. The number of aliphatic carboxylic acids is 1. The van der Waals surface area contributed by atoms with E-state index in [9.17, 15) is 14.7 Å². The number of carboxylic acid groups (broad SMARTS) is 1. The Hall–Kier alpha value is -1.73. The third-order valence-corrected chi connectivity index (χ3v) is 3.51. The molecule has 1 aliphatic heterocycles. The minimum atomic E-state index is -1.34. The number of aromatic nitrogens is 1. The van der Waals surface area contributed by atoms with Gasteiger partial charge in [-0.25, -0.2) is 0 Å². The monoisotopic (exact) mass is 279 g/mol. The summed E-state index contributed by atoms with van der Waals surface area (Å²) in [5, 5.41) is 10.5. The molecule has 7 heteroatoms. The Kier molecular flexibility index (Phi) is 3.73. The van der Waals surface area contributed by atoms with Crippen LogP contribution in [0.15, 0.2) is 29.3 Å². The smallest absolute Gasteiger partial charge is 0.266 e. The number of pyridine rings is 1. The molecule has 0 aromatic carbocycles. The zero-order chi connectivity index (χ0) is 13.1. The molecule has 1 amide bonds. The van der Waals surface area contributed by atoms with E-state index in [1.807, 2.05) is 0 Å². The predicted octanol–water partition coefficient (Wildman–Crippen LogP) is 0.0327. The molecule has 18 heavy (non-hydrogen) atoms. The second-order valence-corrected chi connectivity index (χ2v) is 5.07. The van der Waals surface area contributed by atoms with E-state index in [2.05, 4.69) is 4.98 Å². The van der Waals surface area contributed by atoms with Gasteiger partial charge in [-0.1, -0.05) is 30.0 Å². The van der Waals surface area contributed by atoms with E-state index in [1.54, 1.807) is 30.5 Å². The minimum Gasteiger partial charge on any atom is -0.548 e. The topological polar surface area (TPSA) is 73.3 Å². The molecule has 2 rings (SSSR count). The molecule has 0 radical (unpaired) electrons. The van der Waals surface area contributed by atoms with Gasteiger partial charge in [-0.3, -0.25) is 14.7 Å². The van der Waals surface area contributed by atoms with E-state index in [0.29, 0.717) is 10.6 Å². The third kappa shape index (κ3) is 2.74. The van der Waals surface area contributed by atoms with Crippen LogP contribution in [0.1, 0.15) is 5.69 Å². The van der Waals surface area contributed by atoms with Crippen molar-refractivity contribution < 1.29 is 14.7 Å². The molecule has 0 saturated carbocycles. The molecule has 1 fully saturated rings. The molecule has 0 N–H and O–H groups in total. The van der Waals surface area contributed by atoms with Gasteiger partial charge in [0, 0.05) is 6.20 Å². The first-order valence-electron chi connectivity index (χ1n) is 4.94. The van der Waals surface area contributed by atoms with E-state index >= 15 is 0 Å². The Morgan fingerprint density at radius 2 is 2.33 bits per heavy atom. The van der Waals surface area contributed by atoms with E-state index in [1.165, 1.54) is 0 Å². The summed E-state index contributed by atoms with van der Waals surface area (Å²) in [6.45, 7) is -0.524. The standard InChI is InChI=1S/C11H8N2O3S2/c14-9(15)6-13-10(16)8(18-11(13)17)5-7-3-1-2-4-12-7/h1-5H,6H2,(H,14,15)/p-1/b8-5-. The lowest BCUT2D eigenvalue weighted by Crippen LogP contribution is -2.40. The van der Waals surface area contributed by atoms with Crippen LogP contribution >= 0.6 is 24.0 Å². The molecule has 0 atom stereocenters. The van der Waals surface area contributed by atoms with Crippen molar-refractivity contribution in [2.24, 2.45) is 0 Å². The molecule has 0 unspecified atom stereocenters. The minimum absolute atomic E-state index is 0.214. The maximum atomic E-state index is 11.9. The van der Waals surface area contributed by atoms with Gasteiger partial charge in [-0.2, -0.15) is 0 Å². The summed E-state index contributed by atoms with van der Waals surface area (Å²) < 4.78 is 0.214. The molecular formula is C11H7N2O3S2-. The number of carbonyl (C=O) groups excluding carboxylic acids is 2. The summed E-state index contributed by atoms with van der Waals surface area (Å²) in [6, 6.07) is 5.30. The van der Waals surface area contributed by atoms with Gasteiger partial charge in [0.1, 0.15) is 4.32 Å². The van der Waals surface area contributed by atoms with Crippen molar-refractivity contribution in [3.05, 3.63) is 35.0 Å². The van der Waals surface area contributed by atoms with Crippen molar-refractivity contribution in [2.45, 2.75) is 0 Å². The first-order chi connectivity index (χ1) is 8.58. The normalized spacial score (nSPS) is 17.6. The lowest BCUT2D eigenvalue weighted by molar-refractivity contribution is -0.305. The van der Waals surface area contributed by atoms with Gasteiger partial charge in [0.15, 0.2) is 0 Å². The second-order valence-electron chi connectivity index (χ2n) is 3.39. The second kappa shape index (κ2) is 5.28. The first kappa shape index (κ1) is 12.7. The summed E-state index contributed by atoms with van der Waals surface area (Å²) in [7, 11) is 0. The first-order valence-corrected chi connectivity index (χ1v) is 6.16. The van der Waals surface area contributed by atoms with Crippen LogP contribution < -0.4 is 5.11 Å². The van der Waals surface area contributed by atoms with E-state index < -0.39 is 18.4 Å². The van der Waals surface area contributed by atoms with Gasteiger partial charge in [-0.15, -0.1) is 0 Å². The molecular weight excluding hydrogens is 272 g/mol. The SMILES string of the molecule is O=C([O-])CN1C(=O)/C(=C/c2ccccn2)SC1=S. The van der Waals surface area contributed by atoms with Crippen LogP contribution in [0.2, 0.25) is 0 Å². The Labute approximate surface area is 113 Å². The maximum absolute atomic E-state index is 11.9. The Balaban J connectivity index is 2.23. The van der Waals surface area contributed by atoms with Crippen LogP contribution in [0.3, 0.4) is 0 Å². The van der Waals surface area contributed by atoms with Gasteiger partial charge in [-0.05, 0) is 18.2 Å². The Bertz CT molecular complexity index is 542. The Morgan fingerprint density at radius 3 is 2.94 bits per heavy atom. The zero-order valence-corrected chi connectivity index (χ0v) is 10.7. The summed E-state index contributed by atoms with van der Waals surface area (Å²) in [4.78, 5) is 27.8. The molecule has 0 spiro atoms. The number of carboxylic acids is 1. The number of rotatable bonds is 3. The number of thiocarbonyl (C=S) groups is 1. The summed E-state index contributed by atoms with van der Waals surface area (Å²) in [6.07, 6.45) is 3.18. The lowest BCUT2D eigenvalue weighted by atomic mass is 10.3. The van der Waals surface area contributed by atoms with Gasteiger partial charge in [0.05, 0.1) is 23.1 Å². The van der Waals surface area contributed by atoms with Crippen LogP contribution in [-0.4, -0.2) is 32.6 Å². The highest BCUT2D eigenvalue weighted by Gasteiger charge is 2.31. The molecule has 1 aliphatic rings. The summed E-state index contributed by atoms with van der Waals surface area (Å²) in [5.41, 5.74) is 0.617. The van der Waals surface area contributed by atoms with Crippen molar-refractivity contribution in [2.75, 3.05) is 6.54 Å². The quantitative estimate of drug-likeness (QED) is 0.574. The number of carbonyl (C=O) groups is 2. The summed E-state index contributed by atoms with van der Waals surface area (Å²) >= 11 is 6.00. The fourth-order valence-electron chi connectivity index (χ4n) is 1.36. The van der Waals surface area contributed by atoms with Gasteiger partial charge < -0.3 is 9.90 Å². The molecule has 0 aliphatic carbocycles. The number of hydrogen-bond acceptors (Lipinski definition) is 6. The maximum Gasteiger partial charge on any atom is 0.266 e. The van der Waals surface area contributed by atoms with Crippen LogP contribution in [0.5, 0.6) is 0 Å². The van der Waals surface area contributed by atoms with Crippen molar-refractivity contribution in [3.63, 3.8) is 0 Å². The molecule has 92 valence electrons. The molecule has 2 heterocycles. The number of amides is 1. The average molecular weight is 279 g/mol. The number of thioether (sulfide) groups is 1. The fraction of sp³-hybridized carbons (Fsp3) is 0.0909. The number of nitrogens with zero attached hydrogens (tertiary/aromatic N) is 2. The third-order valence-electron chi connectivity index (χ3n) is 2.13. The molecule has 1 saturated heterocycles. The van der Waals surface area contributed by atoms with Crippen LogP contribution in [-0.2, 0) is 9.59 Å². The molecule has 0 bridgehead atoms. The van der Waals surface area contributed by atoms with Gasteiger partial charge >= 0.3 is 0 Å². The average Bonchev–Trinajstić information content (AvgIpc) is 2.58. The van der Waals surface area contributed by atoms with Crippen LogP contribution in [0.4, 0.5) is 0 Å². The van der Waals surface area contributed by atoms with Crippen molar-refractivity contribution in [1.82, 2.24) is 9.88 Å². The van der Waals surface area contributed by atoms with Gasteiger partial charge in [0.2, 0.25) is 0 Å².